The smallest absolute Gasteiger partial charge is 0.0584 e. The Morgan fingerprint density at radius 2 is 0.958 bits per heavy atom. The number of hydrogen-bond acceptors (Lipinski definition) is 2. The van der Waals surface area contributed by atoms with Crippen LogP contribution in [0.5, 0.6) is 0 Å². The van der Waals surface area contributed by atoms with Crippen molar-refractivity contribution in [2.45, 2.75) is 9.79 Å². The number of thioether (sulfide) groups is 2. The Morgan fingerprint density at radius 1 is 0.500 bits per heavy atom. The van der Waals surface area contributed by atoms with Crippen LogP contribution in [0.4, 0.5) is 0 Å². The van der Waals surface area contributed by atoms with Gasteiger partial charge in [-0.1, -0.05) is 96.3 Å². The number of benzene rings is 3. The monoisotopic (exact) mass is 342 g/mol. The Balaban J connectivity index is 1.80. The molecule has 5 rings (SSSR count). The van der Waals surface area contributed by atoms with Gasteiger partial charge in [0.2, 0.25) is 0 Å². The predicted molar refractivity (Wildman–Crippen MR) is 106 cm³/mol. The molecule has 114 valence electrons. The Hall–Kier alpha value is -2.16. The molecule has 0 nitrogen and oxygen atoms in total. The van der Waals surface area contributed by atoms with Crippen molar-refractivity contribution in [3.63, 3.8) is 0 Å². The SMILES string of the molecule is C1=Cc2ccccc2C(=C2Sc3ccccc3S2)c2ccccc21. The summed E-state index contributed by atoms with van der Waals surface area (Å²) in [7, 11) is 0. The molecule has 1 heterocycles. The van der Waals surface area contributed by atoms with Crippen LogP contribution in [0.3, 0.4) is 0 Å². The summed E-state index contributed by atoms with van der Waals surface area (Å²) in [4.78, 5) is 2.72. The molecule has 0 bridgehead atoms. The molecule has 24 heavy (non-hydrogen) atoms. The first-order chi connectivity index (χ1) is 11.9. The Labute approximate surface area is 150 Å². The van der Waals surface area contributed by atoms with Gasteiger partial charge in [0, 0.05) is 15.4 Å². The van der Waals surface area contributed by atoms with E-state index in [2.05, 4.69) is 84.9 Å². The first kappa shape index (κ1) is 14.2. The van der Waals surface area contributed by atoms with Gasteiger partial charge in [0.1, 0.15) is 0 Å². The molecule has 1 aliphatic carbocycles. The molecule has 0 saturated heterocycles. The predicted octanol–water partition coefficient (Wildman–Crippen LogP) is 6.79. The minimum Gasteiger partial charge on any atom is -0.0809 e. The van der Waals surface area contributed by atoms with E-state index in [1.54, 1.807) is 0 Å². The van der Waals surface area contributed by atoms with Crippen LogP contribution in [0.15, 0.2) is 86.8 Å². The first-order valence-electron chi connectivity index (χ1n) is 7.96. The third kappa shape index (κ3) is 2.26. The molecule has 0 atom stereocenters. The van der Waals surface area contributed by atoms with Crippen LogP contribution in [0.1, 0.15) is 22.3 Å². The van der Waals surface area contributed by atoms with E-state index in [1.807, 2.05) is 23.5 Å². The van der Waals surface area contributed by atoms with Gasteiger partial charge < -0.3 is 0 Å². The van der Waals surface area contributed by atoms with Crippen LogP contribution in [-0.2, 0) is 0 Å². The Morgan fingerprint density at radius 3 is 1.50 bits per heavy atom. The lowest BCUT2D eigenvalue weighted by Gasteiger charge is -2.14. The quantitative estimate of drug-likeness (QED) is 0.345. The van der Waals surface area contributed by atoms with E-state index in [-0.39, 0.29) is 0 Å². The molecule has 0 amide bonds. The van der Waals surface area contributed by atoms with Gasteiger partial charge in [-0.2, -0.15) is 0 Å². The second kappa shape index (κ2) is 5.73. The molecule has 0 spiro atoms. The fourth-order valence-corrected chi connectivity index (χ4v) is 5.86. The van der Waals surface area contributed by atoms with Crippen molar-refractivity contribution in [1.29, 1.82) is 0 Å². The summed E-state index contributed by atoms with van der Waals surface area (Å²) in [5.74, 6) is 0. The van der Waals surface area contributed by atoms with E-state index in [9.17, 15) is 0 Å². The summed E-state index contributed by atoms with van der Waals surface area (Å²) in [6.45, 7) is 0. The first-order valence-corrected chi connectivity index (χ1v) is 9.59. The minimum absolute atomic E-state index is 1.29. The van der Waals surface area contributed by atoms with Crippen LogP contribution in [0, 0.1) is 0 Å². The zero-order chi connectivity index (χ0) is 15.9. The molecule has 0 N–H and O–H groups in total. The van der Waals surface area contributed by atoms with Crippen molar-refractivity contribution < 1.29 is 0 Å². The maximum atomic E-state index is 2.24. The Kier molecular flexibility index (Phi) is 3.39. The van der Waals surface area contributed by atoms with E-state index in [1.165, 1.54) is 41.9 Å². The molecule has 0 unspecified atom stereocenters. The van der Waals surface area contributed by atoms with Crippen LogP contribution in [0.2, 0.25) is 0 Å². The van der Waals surface area contributed by atoms with Gasteiger partial charge in [-0.25, -0.2) is 0 Å². The fraction of sp³-hybridized carbons (Fsp3) is 0. The van der Waals surface area contributed by atoms with Crippen LogP contribution in [0.25, 0.3) is 17.7 Å². The molecule has 3 aromatic rings. The van der Waals surface area contributed by atoms with Gasteiger partial charge in [-0.15, -0.1) is 0 Å². The highest BCUT2D eigenvalue weighted by Crippen LogP contribution is 2.55. The van der Waals surface area contributed by atoms with Crippen LogP contribution >= 0.6 is 23.5 Å². The maximum Gasteiger partial charge on any atom is 0.0584 e. The summed E-state index contributed by atoms with van der Waals surface area (Å²) in [6, 6.07) is 26.1. The zero-order valence-electron chi connectivity index (χ0n) is 12.9. The molecule has 0 saturated carbocycles. The van der Waals surface area contributed by atoms with Crippen LogP contribution < -0.4 is 0 Å². The van der Waals surface area contributed by atoms with E-state index >= 15 is 0 Å². The number of rotatable bonds is 0. The average molecular weight is 342 g/mol. The third-order valence-corrected chi connectivity index (χ3v) is 6.92. The Bertz CT molecular complexity index is 933. The van der Waals surface area contributed by atoms with Gasteiger partial charge in [0.05, 0.1) is 4.24 Å². The van der Waals surface area contributed by atoms with E-state index in [0.717, 1.165) is 0 Å². The van der Waals surface area contributed by atoms with Crippen molar-refractivity contribution in [2.24, 2.45) is 0 Å². The molecule has 3 aromatic carbocycles. The molecule has 0 fully saturated rings. The summed E-state index contributed by atoms with van der Waals surface area (Å²) in [5, 5.41) is 0. The highest BCUT2D eigenvalue weighted by atomic mass is 32.2. The van der Waals surface area contributed by atoms with Gasteiger partial charge in [-0.3, -0.25) is 0 Å². The van der Waals surface area contributed by atoms with Gasteiger partial charge in [-0.05, 0) is 34.4 Å². The maximum absolute atomic E-state index is 2.24. The summed E-state index contributed by atoms with van der Waals surface area (Å²) >= 11 is 3.79. The lowest BCUT2D eigenvalue weighted by Crippen LogP contribution is -1.93. The van der Waals surface area contributed by atoms with Crippen molar-refractivity contribution >= 4 is 41.2 Å². The molecule has 0 aromatic heterocycles. The summed E-state index contributed by atoms with van der Waals surface area (Å²) in [5.41, 5.74) is 6.57. The molecular weight excluding hydrogens is 328 g/mol. The van der Waals surface area contributed by atoms with Crippen molar-refractivity contribution in [1.82, 2.24) is 0 Å². The van der Waals surface area contributed by atoms with Gasteiger partial charge in [0.25, 0.3) is 0 Å². The molecule has 2 aliphatic rings. The normalized spacial score (nSPS) is 14.8. The fourth-order valence-electron chi connectivity index (χ4n) is 3.23. The zero-order valence-corrected chi connectivity index (χ0v) is 14.5. The second-order valence-corrected chi connectivity index (χ2v) is 8.18. The summed E-state index contributed by atoms with van der Waals surface area (Å²) in [6.07, 6.45) is 4.47. The van der Waals surface area contributed by atoms with Crippen molar-refractivity contribution in [2.75, 3.05) is 0 Å². The highest BCUT2D eigenvalue weighted by molar-refractivity contribution is 8.25. The standard InChI is InChI=1S/C22H14S2/c1-3-9-17-15(7-1)13-14-16-8-2-4-10-18(16)21(17)22-23-19-11-5-6-12-20(19)24-22/h1-14H. The summed E-state index contributed by atoms with van der Waals surface area (Å²) < 4.78 is 1.37. The van der Waals surface area contributed by atoms with Gasteiger partial charge in [0.15, 0.2) is 0 Å². The third-order valence-electron chi connectivity index (χ3n) is 4.36. The number of fused-ring (bicyclic) bond motifs is 3. The van der Waals surface area contributed by atoms with Crippen molar-refractivity contribution in [3.05, 3.63) is 99.3 Å². The van der Waals surface area contributed by atoms with E-state index in [4.69, 9.17) is 0 Å². The lowest BCUT2D eigenvalue weighted by molar-refractivity contribution is 1.27. The molecule has 1 aliphatic heterocycles. The molecule has 0 radical (unpaired) electrons. The number of hydrogen-bond donors (Lipinski definition) is 0. The topological polar surface area (TPSA) is 0 Å². The van der Waals surface area contributed by atoms with Crippen molar-refractivity contribution in [3.8, 4) is 0 Å². The van der Waals surface area contributed by atoms with Crippen LogP contribution in [-0.4, -0.2) is 0 Å². The lowest BCUT2D eigenvalue weighted by atomic mass is 9.95. The molecule has 2 heteroatoms. The molecular formula is C22H14S2. The largest absolute Gasteiger partial charge is 0.0809 e. The highest BCUT2D eigenvalue weighted by Gasteiger charge is 2.25. The minimum atomic E-state index is 1.29. The van der Waals surface area contributed by atoms with E-state index < -0.39 is 0 Å². The second-order valence-electron chi connectivity index (χ2n) is 5.82. The van der Waals surface area contributed by atoms with Gasteiger partial charge >= 0.3 is 0 Å². The average Bonchev–Trinajstić information content (AvgIpc) is 2.98. The van der Waals surface area contributed by atoms with E-state index in [0.29, 0.717) is 0 Å².